The first-order valence-corrected chi connectivity index (χ1v) is 10.5. The summed E-state index contributed by atoms with van der Waals surface area (Å²) in [5.41, 5.74) is 0.972. The van der Waals surface area contributed by atoms with Crippen molar-refractivity contribution in [2.75, 3.05) is 25.4 Å². The molecule has 2 aliphatic rings. The topological polar surface area (TPSA) is 76.6 Å². The lowest BCUT2D eigenvalue weighted by Gasteiger charge is -2.50. The lowest BCUT2D eigenvalue weighted by atomic mass is 9.83. The Hall–Kier alpha value is -1.47. The monoisotopic (exact) mass is 366 g/mol. The van der Waals surface area contributed by atoms with Gasteiger partial charge in [0.15, 0.2) is 9.84 Å². The van der Waals surface area contributed by atoms with Gasteiger partial charge in [-0.3, -0.25) is 9.78 Å². The smallest absolute Gasteiger partial charge is 0.222 e. The number of aromatic nitrogens is 1. The summed E-state index contributed by atoms with van der Waals surface area (Å²) in [4.78, 5) is 17.9. The SMILES string of the molecule is CC(C)CC(=O)N1CC2(C1)[C@@H](COCc1cccnc1)CCS2(=O)=O. The summed E-state index contributed by atoms with van der Waals surface area (Å²) < 4.78 is 30.2. The Kier molecular flexibility index (Phi) is 5.16. The summed E-state index contributed by atoms with van der Waals surface area (Å²) in [6, 6.07) is 3.79. The fourth-order valence-electron chi connectivity index (χ4n) is 3.76. The second kappa shape index (κ2) is 7.03. The summed E-state index contributed by atoms with van der Waals surface area (Å²) in [6.45, 7) is 5.46. The number of nitrogens with zero attached hydrogens (tertiary/aromatic N) is 2. The van der Waals surface area contributed by atoms with Crippen LogP contribution >= 0.6 is 0 Å². The predicted molar refractivity (Wildman–Crippen MR) is 94.6 cm³/mol. The van der Waals surface area contributed by atoms with Crippen molar-refractivity contribution in [2.24, 2.45) is 11.8 Å². The van der Waals surface area contributed by atoms with Crippen LogP contribution in [0.25, 0.3) is 0 Å². The molecule has 1 spiro atoms. The lowest BCUT2D eigenvalue weighted by molar-refractivity contribution is -0.138. The fourth-order valence-corrected chi connectivity index (χ4v) is 6.16. The van der Waals surface area contributed by atoms with E-state index in [1.165, 1.54) is 0 Å². The van der Waals surface area contributed by atoms with Crippen LogP contribution in [0.5, 0.6) is 0 Å². The maximum Gasteiger partial charge on any atom is 0.222 e. The second-order valence-electron chi connectivity index (χ2n) is 7.59. The number of carbonyl (C=O) groups excluding carboxylic acids is 1. The average Bonchev–Trinajstić information content (AvgIpc) is 2.77. The molecule has 1 aromatic rings. The Labute approximate surface area is 149 Å². The quantitative estimate of drug-likeness (QED) is 0.765. The summed E-state index contributed by atoms with van der Waals surface area (Å²) in [6.07, 6.45) is 4.54. The van der Waals surface area contributed by atoms with Crippen LogP contribution in [0.1, 0.15) is 32.3 Å². The van der Waals surface area contributed by atoms with Crippen molar-refractivity contribution in [1.82, 2.24) is 9.88 Å². The minimum atomic E-state index is -3.18. The lowest BCUT2D eigenvalue weighted by Crippen LogP contribution is -2.68. The highest BCUT2D eigenvalue weighted by molar-refractivity contribution is 7.93. The normalized spacial score (nSPS) is 23.8. The van der Waals surface area contributed by atoms with E-state index in [0.717, 1.165) is 5.56 Å². The molecule has 0 radical (unpaired) electrons. The number of ether oxygens (including phenoxy) is 1. The van der Waals surface area contributed by atoms with Gasteiger partial charge in [0.05, 0.1) is 19.0 Å². The minimum absolute atomic E-state index is 0.0442. The molecule has 2 aliphatic heterocycles. The van der Waals surface area contributed by atoms with E-state index in [9.17, 15) is 13.2 Å². The van der Waals surface area contributed by atoms with Gasteiger partial charge in [0, 0.05) is 37.8 Å². The summed E-state index contributed by atoms with van der Waals surface area (Å²) in [5.74, 6) is 0.484. The van der Waals surface area contributed by atoms with Gasteiger partial charge in [-0.05, 0) is 24.0 Å². The van der Waals surface area contributed by atoms with Crippen LogP contribution in [0.3, 0.4) is 0 Å². The Bertz CT molecular complexity index is 712. The van der Waals surface area contributed by atoms with E-state index >= 15 is 0 Å². The van der Waals surface area contributed by atoms with E-state index in [1.54, 1.807) is 17.3 Å². The van der Waals surface area contributed by atoms with Crippen LogP contribution in [0.15, 0.2) is 24.5 Å². The fraction of sp³-hybridized carbons (Fsp3) is 0.667. The number of hydrogen-bond donors (Lipinski definition) is 0. The zero-order chi connectivity index (χ0) is 18.1. The van der Waals surface area contributed by atoms with Crippen molar-refractivity contribution in [2.45, 2.75) is 38.0 Å². The highest BCUT2D eigenvalue weighted by Crippen LogP contribution is 2.45. The third-order valence-electron chi connectivity index (χ3n) is 5.26. The molecule has 0 unspecified atom stereocenters. The van der Waals surface area contributed by atoms with E-state index in [0.29, 0.717) is 39.1 Å². The molecular weight excluding hydrogens is 340 g/mol. The molecule has 3 heterocycles. The summed E-state index contributed by atoms with van der Waals surface area (Å²) in [5, 5.41) is 0. The standard InChI is InChI=1S/C18H26N2O4S/c1-14(2)8-17(21)20-12-18(13-20)16(5-7-25(18,22)23)11-24-10-15-4-3-6-19-9-15/h3-4,6,9,14,16H,5,7-8,10-13H2,1-2H3/t16-/m1/s1. The van der Waals surface area contributed by atoms with Gasteiger partial charge in [-0.25, -0.2) is 8.42 Å². The van der Waals surface area contributed by atoms with Crippen molar-refractivity contribution >= 4 is 15.7 Å². The molecule has 3 rings (SSSR count). The maximum absolute atomic E-state index is 12.6. The summed E-state index contributed by atoms with van der Waals surface area (Å²) in [7, 11) is -3.18. The molecule has 1 atom stereocenters. The molecular formula is C18H26N2O4S. The molecule has 0 N–H and O–H groups in total. The van der Waals surface area contributed by atoms with Gasteiger partial charge in [0.25, 0.3) is 0 Å². The van der Waals surface area contributed by atoms with Gasteiger partial charge in [0.2, 0.25) is 5.91 Å². The molecule has 0 aromatic carbocycles. The number of amides is 1. The van der Waals surface area contributed by atoms with Crippen LogP contribution in [-0.4, -0.2) is 54.4 Å². The van der Waals surface area contributed by atoms with Crippen molar-refractivity contribution in [1.29, 1.82) is 0 Å². The van der Waals surface area contributed by atoms with Crippen molar-refractivity contribution < 1.29 is 17.9 Å². The van der Waals surface area contributed by atoms with Crippen LogP contribution in [0.2, 0.25) is 0 Å². The van der Waals surface area contributed by atoms with E-state index in [4.69, 9.17) is 4.74 Å². The second-order valence-corrected chi connectivity index (χ2v) is 10.0. The number of sulfone groups is 1. The van der Waals surface area contributed by atoms with E-state index in [-0.39, 0.29) is 23.5 Å². The van der Waals surface area contributed by atoms with Crippen LogP contribution in [0.4, 0.5) is 0 Å². The number of likely N-dealkylation sites (tertiary alicyclic amines) is 1. The van der Waals surface area contributed by atoms with Crippen LogP contribution < -0.4 is 0 Å². The van der Waals surface area contributed by atoms with Crippen LogP contribution in [-0.2, 0) is 26.0 Å². The molecule has 0 bridgehead atoms. The molecule has 7 heteroatoms. The predicted octanol–water partition coefficient (Wildman–Crippen LogP) is 1.66. The van der Waals surface area contributed by atoms with Gasteiger partial charge in [-0.2, -0.15) is 0 Å². The molecule has 0 aliphatic carbocycles. The Balaban J connectivity index is 1.60. The van der Waals surface area contributed by atoms with Crippen molar-refractivity contribution in [3.8, 4) is 0 Å². The van der Waals surface area contributed by atoms with Gasteiger partial charge in [0.1, 0.15) is 4.75 Å². The van der Waals surface area contributed by atoms with E-state index in [2.05, 4.69) is 4.98 Å². The first-order chi connectivity index (χ1) is 11.8. The third-order valence-corrected chi connectivity index (χ3v) is 7.87. The highest BCUT2D eigenvalue weighted by atomic mass is 32.2. The number of pyridine rings is 1. The molecule has 2 fully saturated rings. The zero-order valence-corrected chi connectivity index (χ0v) is 15.7. The van der Waals surface area contributed by atoms with E-state index < -0.39 is 14.6 Å². The van der Waals surface area contributed by atoms with Gasteiger partial charge in [-0.1, -0.05) is 19.9 Å². The third kappa shape index (κ3) is 3.58. The van der Waals surface area contributed by atoms with Crippen molar-refractivity contribution in [3.63, 3.8) is 0 Å². The molecule has 0 saturated carbocycles. The van der Waals surface area contributed by atoms with Crippen molar-refractivity contribution in [3.05, 3.63) is 30.1 Å². The molecule has 1 aromatic heterocycles. The van der Waals surface area contributed by atoms with Gasteiger partial charge < -0.3 is 9.64 Å². The zero-order valence-electron chi connectivity index (χ0n) is 14.8. The maximum atomic E-state index is 12.6. The Morgan fingerprint density at radius 3 is 2.84 bits per heavy atom. The van der Waals surface area contributed by atoms with E-state index in [1.807, 2.05) is 26.0 Å². The van der Waals surface area contributed by atoms with Gasteiger partial charge in [-0.15, -0.1) is 0 Å². The Morgan fingerprint density at radius 2 is 2.20 bits per heavy atom. The Morgan fingerprint density at radius 1 is 1.44 bits per heavy atom. The number of hydrogen-bond acceptors (Lipinski definition) is 5. The first-order valence-electron chi connectivity index (χ1n) is 8.81. The first kappa shape index (κ1) is 18.3. The molecule has 25 heavy (non-hydrogen) atoms. The molecule has 1 amide bonds. The molecule has 6 nitrogen and oxygen atoms in total. The average molecular weight is 366 g/mol. The summed E-state index contributed by atoms with van der Waals surface area (Å²) >= 11 is 0. The van der Waals surface area contributed by atoms with Gasteiger partial charge >= 0.3 is 0 Å². The number of rotatable bonds is 6. The molecule has 2 saturated heterocycles. The number of carbonyl (C=O) groups is 1. The van der Waals surface area contributed by atoms with Crippen LogP contribution in [0, 0.1) is 11.8 Å². The molecule has 138 valence electrons. The highest BCUT2D eigenvalue weighted by Gasteiger charge is 2.62. The minimum Gasteiger partial charge on any atom is -0.376 e. The largest absolute Gasteiger partial charge is 0.376 e.